The minimum Gasteiger partial charge on any atom is -0.366 e. The van der Waals surface area contributed by atoms with Crippen molar-refractivity contribution in [2.75, 3.05) is 0 Å². The monoisotopic (exact) mass is 437 g/mol. The normalized spacial score (nSPS) is 10.6. The van der Waals surface area contributed by atoms with E-state index in [1.165, 1.54) is 24.3 Å². The molecule has 29 heavy (non-hydrogen) atoms. The van der Waals surface area contributed by atoms with Gasteiger partial charge in [0.2, 0.25) is 5.91 Å². The van der Waals surface area contributed by atoms with Crippen molar-refractivity contribution in [3.8, 4) is 0 Å². The Balaban J connectivity index is 0.000000218. The van der Waals surface area contributed by atoms with Crippen LogP contribution in [0.1, 0.15) is 10.4 Å². The number of amides is 1. The number of primary amides is 1. The van der Waals surface area contributed by atoms with E-state index < -0.39 is 20.2 Å². The van der Waals surface area contributed by atoms with Crippen LogP contribution in [-0.2, 0) is 20.2 Å². The van der Waals surface area contributed by atoms with E-state index in [2.05, 4.69) is 0 Å². The van der Waals surface area contributed by atoms with Crippen molar-refractivity contribution in [2.45, 2.75) is 9.79 Å². The first-order valence-corrected chi connectivity index (χ1v) is 10.8. The Morgan fingerprint density at radius 1 is 0.586 bits per heavy atom. The van der Waals surface area contributed by atoms with Crippen LogP contribution >= 0.6 is 0 Å². The van der Waals surface area contributed by atoms with Crippen molar-refractivity contribution in [2.24, 2.45) is 5.73 Å². The lowest BCUT2D eigenvalue weighted by atomic mass is 10.2. The van der Waals surface area contributed by atoms with E-state index in [1.807, 2.05) is 6.07 Å². The molecule has 0 spiro atoms. The molecule has 0 saturated carbocycles. The topological polar surface area (TPSA) is 152 Å². The Morgan fingerprint density at radius 3 is 1.03 bits per heavy atom. The quantitative estimate of drug-likeness (QED) is 0.533. The SMILES string of the molecule is NC(=O)c1ccccc1.O=S(=O)(O)c1ccccc1.O=S(=O)(O)c1ccccc1. The van der Waals surface area contributed by atoms with E-state index in [4.69, 9.17) is 14.8 Å². The van der Waals surface area contributed by atoms with Gasteiger partial charge >= 0.3 is 0 Å². The van der Waals surface area contributed by atoms with Crippen LogP contribution in [-0.4, -0.2) is 31.8 Å². The van der Waals surface area contributed by atoms with E-state index in [-0.39, 0.29) is 15.7 Å². The van der Waals surface area contributed by atoms with Crippen molar-refractivity contribution in [1.82, 2.24) is 0 Å². The molecular weight excluding hydrogens is 418 g/mol. The minimum absolute atomic E-state index is 0.0741. The summed E-state index contributed by atoms with van der Waals surface area (Å²) in [5, 5.41) is 0. The number of nitrogens with two attached hydrogens (primary N) is 1. The van der Waals surface area contributed by atoms with Crippen LogP contribution in [0.5, 0.6) is 0 Å². The fraction of sp³-hybridized carbons (Fsp3) is 0. The zero-order valence-corrected chi connectivity index (χ0v) is 16.6. The molecule has 3 rings (SSSR count). The number of hydrogen-bond acceptors (Lipinski definition) is 5. The maximum atomic E-state index is 10.4. The summed E-state index contributed by atoms with van der Waals surface area (Å²) in [7, 11) is -8.01. The van der Waals surface area contributed by atoms with E-state index in [0.717, 1.165) is 0 Å². The number of carbonyl (C=O) groups excluding carboxylic acids is 1. The molecule has 154 valence electrons. The number of rotatable bonds is 3. The van der Waals surface area contributed by atoms with Gasteiger partial charge in [-0.1, -0.05) is 54.6 Å². The summed E-state index contributed by atoms with van der Waals surface area (Å²) in [4.78, 5) is 10.3. The molecule has 0 aliphatic carbocycles. The van der Waals surface area contributed by atoms with Crippen molar-refractivity contribution in [3.05, 3.63) is 96.6 Å². The Kier molecular flexibility index (Phi) is 9.16. The lowest BCUT2D eigenvalue weighted by Gasteiger charge is -1.92. The molecule has 3 aromatic rings. The first-order chi connectivity index (χ1) is 13.5. The highest BCUT2D eigenvalue weighted by molar-refractivity contribution is 7.86. The predicted molar refractivity (Wildman–Crippen MR) is 107 cm³/mol. The molecule has 0 saturated heterocycles. The molecule has 4 N–H and O–H groups in total. The first-order valence-electron chi connectivity index (χ1n) is 7.91. The molecule has 0 radical (unpaired) electrons. The van der Waals surface area contributed by atoms with Gasteiger partial charge in [0, 0.05) is 5.56 Å². The van der Waals surface area contributed by atoms with E-state index in [9.17, 15) is 21.6 Å². The summed E-state index contributed by atoms with van der Waals surface area (Å²) in [6.45, 7) is 0. The number of hydrogen-bond donors (Lipinski definition) is 3. The van der Waals surface area contributed by atoms with Crippen molar-refractivity contribution >= 4 is 26.1 Å². The summed E-state index contributed by atoms with van der Waals surface area (Å²) in [6, 6.07) is 23.6. The molecular formula is C19H19NO7S2. The number of benzene rings is 3. The van der Waals surface area contributed by atoms with Crippen LogP contribution in [0.25, 0.3) is 0 Å². The smallest absolute Gasteiger partial charge is 0.294 e. The highest BCUT2D eigenvalue weighted by atomic mass is 32.2. The summed E-state index contributed by atoms with van der Waals surface area (Å²) in [5.74, 6) is -0.379. The van der Waals surface area contributed by atoms with E-state index in [1.54, 1.807) is 60.7 Å². The fourth-order valence-corrected chi connectivity index (χ4v) is 2.79. The number of carbonyl (C=O) groups is 1. The Morgan fingerprint density at radius 2 is 0.862 bits per heavy atom. The molecule has 10 heteroatoms. The predicted octanol–water partition coefficient (Wildman–Crippen LogP) is 2.65. The standard InChI is InChI=1S/C7H7NO.2C6H6O3S/c8-7(9)6-4-2-1-3-5-6;2*7-10(8,9)6-4-2-1-3-5-6/h1-5H,(H2,8,9);2*1-5H,(H,7,8,9). The van der Waals surface area contributed by atoms with Crippen LogP contribution in [0, 0.1) is 0 Å². The average molecular weight is 437 g/mol. The van der Waals surface area contributed by atoms with Crippen LogP contribution in [0.3, 0.4) is 0 Å². The highest BCUT2D eigenvalue weighted by Crippen LogP contribution is 2.06. The van der Waals surface area contributed by atoms with Crippen molar-refractivity contribution in [3.63, 3.8) is 0 Å². The van der Waals surface area contributed by atoms with Crippen LogP contribution in [0.15, 0.2) is 101 Å². The third-order valence-electron chi connectivity index (χ3n) is 3.14. The van der Waals surface area contributed by atoms with Gasteiger partial charge in [-0.2, -0.15) is 16.8 Å². The van der Waals surface area contributed by atoms with Gasteiger partial charge in [0.15, 0.2) is 0 Å². The van der Waals surface area contributed by atoms with Crippen molar-refractivity contribution in [1.29, 1.82) is 0 Å². The first kappa shape index (κ1) is 24.0. The minimum atomic E-state index is -4.00. The summed E-state index contributed by atoms with van der Waals surface area (Å²) in [5.41, 5.74) is 5.53. The third kappa shape index (κ3) is 9.63. The molecule has 0 atom stereocenters. The Labute approximate surface area is 169 Å². The molecule has 0 heterocycles. The Hall–Kier alpha value is -3.05. The van der Waals surface area contributed by atoms with Gasteiger partial charge in [-0.05, 0) is 36.4 Å². The zero-order chi connectivity index (χ0) is 21.9. The average Bonchev–Trinajstić information content (AvgIpc) is 2.70. The molecule has 0 aliphatic heterocycles. The van der Waals surface area contributed by atoms with Gasteiger partial charge in [0.05, 0.1) is 9.79 Å². The molecule has 3 aromatic carbocycles. The summed E-state index contributed by atoms with van der Waals surface area (Å²) in [6.07, 6.45) is 0. The summed E-state index contributed by atoms with van der Waals surface area (Å²) < 4.78 is 58.5. The maximum absolute atomic E-state index is 10.4. The van der Waals surface area contributed by atoms with Crippen LogP contribution < -0.4 is 5.73 Å². The molecule has 1 amide bonds. The molecule has 0 bridgehead atoms. The van der Waals surface area contributed by atoms with Gasteiger partial charge in [0.25, 0.3) is 20.2 Å². The highest BCUT2D eigenvalue weighted by Gasteiger charge is 2.06. The van der Waals surface area contributed by atoms with Gasteiger partial charge in [-0.3, -0.25) is 13.9 Å². The Bertz CT molecular complexity index is 1030. The van der Waals surface area contributed by atoms with E-state index >= 15 is 0 Å². The second-order valence-corrected chi connectivity index (χ2v) is 8.15. The summed E-state index contributed by atoms with van der Waals surface area (Å²) >= 11 is 0. The van der Waals surface area contributed by atoms with Gasteiger partial charge < -0.3 is 5.73 Å². The molecule has 0 fully saturated rings. The van der Waals surface area contributed by atoms with Crippen LogP contribution in [0.2, 0.25) is 0 Å². The van der Waals surface area contributed by atoms with Gasteiger partial charge in [-0.25, -0.2) is 0 Å². The second-order valence-electron chi connectivity index (χ2n) is 5.31. The van der Waals surface area contributed by atoms with Gasteiger partial charge in [0.1, 0.15) is 0 Å². The third-order valence-corrected chi connectivity index (χ3v) is 4.88. The van der Waals surface area contributed by atoms with E-state index in [0.29, 0.717) is 5.56 Å². The maximum Gasteiger partial charge on any atom is 0.294 e. The fourth-order valence-electron chi connectivity index (χ4n) is 1.79. The second kappa shape index (κ2) is 11.1. The lowest BCUT2D eigenvalue weighted by molar-refractivity contribution is 0.1000. The van der Waals surface area contributed by atoms with Gasteiger partial charge in [-0.15, -0.1) is 0 Å². The van der Waals surface area contributed by atoms with Crippen LogP contribution in [0.4, 0.5) is 0 Å². The molecule has 0 aliphatic rings. The molecule has 0 aromatic heterocycles. The largest absolute Gasteiger partial charge is 0.366 e. The molecule has 0 unspecified atom stereocenters. The van der Waals surface area contributed by atoms with Crippen molar-refractivity contribution < 1.29 is 30.7 Å². The molecule has 8 nitrogen and oxygen atoms in total. The zero-order valence-electron chi connectivity index (χ0n) is 15.0. The lowest BCUT2D eigenvalue weighted by Crippen LogP contribution is -2.09.